The molecule has 1 aliphatic carbocycles. The number of carbonyl (C=O) groups is 1. The Morgan fingerprint density at radius 2 is 1.81 bits per heavy atom. The SMILES string of the molecule is CCNC(=NCC1(C(=O)N(C)C)CCCC1)N1CCC(N2CCCC2)C1.I. The highest BCUT2D eigenvalue weighted by Gasteiger charge is 2.42. The molecule has 0 bridgehead atoms. The van der Waals surface area contributed by atoms with Crippen LogP contribution in [0.15, 0.2) is 4.99 Å². The third-order valence-electron chi connectivity index (χ3n) is 6.41. The molecular formula is C20H38IN5O. The summed E-state index contributed by atoms with van der Waals surface area (Å²) in [7, 11) is 3.75. The number of hydrogen-bond acceptors (Lipinski definition) is 3. The molecule has 0 radical (unpaired) electrons. The average Bonchev–Trinajstić information content (AvgIpc) is 3.39. The Bertz CT molecular complexity index is 513. The van der Waals surface area contributed by atoms with E-state index in [0.29, 0.717) is 12.6 Å². The Morgan fingerprint density at radius 3 is 2.41 bits per heavy atom. The van der Waals surface area contributed by atoms with Gasteiger partial charge in [-0.05, 0) is 52.1 Å². The Morgan fingerprint density at radius 1 is 1.15 bits per heavy atom. The van der Waals surface area contributed by atoms with E-state index in [-0.39, 0.29) is 35.3 Å². The summed E-state index contributed by atoms with van der Waals surface area (Å²) in [4.78, 5) is 24.6. The number of halogens is 1. The van der Waals surface area contributed by atoms with Gasteiger partial charge in [0.1, 0.15) is 0 Å². The zero-order valence-electron chi connectivity index (χ0n) is 17.4. The predicted octanol–water partition coefficient (Wildman–Crippen LogP) is 2.39. The fourth-order valence-electron chi connectivity index (χ4n) is 4.96. The van der Waals surface area contributed by atoms with E-state index in [2.05, 4.69) is 22.0 Å². The summed E-state index contributed by atoms with van der Waals surface area (Å²) >= 11 is 0. The number of hydrogen-bond donors (Lipinski definition) is 1. The molecule has 3 aliphatic rings. The molecule has 0 aromatic rings. The van der Waals surface area contributed by atoms with Gasteiger partial charge in [-0.2, -0.15) is 0 Å². The molecule has 156 valence electrons. The number of guanidine groups is 1. The Hall–Kier alpha value is -0.570. The fourth-order valence-corrected chi connectivity index (χ4v) is 4.96. The monoisotopic (exact) mass is 491 g/mol. The molecule has 0 spiro atoms. The molecule has 7 heteroatoms. The molecular weight excluding hydrogens is 453 g/mol. The van der Waals surface area contributed by atoms with Gasteiger partial charge in [0, 0.05) is 39.8 Å². The summed E-state index contributed by atoms with van der Waals surface area (Å²) in [6.07, 6.45) is 8.16. The number of nitrogens with zero attached hydrogens (tertiary/aromatic N) is 4. The highest BCUT2D eigenvalue weighted by atomic mass is 127. The van der Waals surface area contributed by atoms with Gasteiger partial charge in [0.15, 0.2) is 5.96 Å². The van der Waals surface area contributed by atoms with Crippen LogP contribution in [0.2, 0.25) is 0 Å². The smallest absolute Gasteiger partial charge is 0.230 e. The lowest BCUT2D eigenvalue weighted by atomic mass is 9.85. The predicted molar refractivity (Wildman–Crippen MR) is 122 cm³/mol. The second kappa shape index (κ2) is 10.3. The van der Waals surface area contributed by atoms with Crippen molar-refractivity contribution in [1.29, 1.82) is 0 Å². The molecule has 2 aliphatic heterocycles. The maximum absolute atomic E-state index is 12.8. The van der Waals surface area contributed by atoms with E-state index in [0.717, 1.165) is 51.3 Å². The van der Waals surface area contributed by atoms with Gasteiger partial charge >= 0.3 is 0 Å². The van der Waals surface area contributed by atoms with E-state index in [4.69, 9.17) is 4.99 Å². The topological polar surface area (TPSA) is 51.2 Å². The van der Waals surface area contributed by atoms with Crippen LogP contribution in [0.5, 0.6) is 0 Å². The summed E-state index contributed by atoms with van der Waals surface area (Å²) in [5.41, 5.74) is -0.280. The number of aliphatic imine (C=N–C) groups is 1. The minimum Gasteiger partial charge on any atom is -0.357 e. The van der Waals surface area contributed by atoms with E-state index in [1.165, 1.54) is 32.4 Å². The van der Waals surface area contributed by atoms with Crippen molar-refractivity contribution in [3.05, 3.63) is 0 Å². The summed E-state index contributed by atoms with van der Waals surface area (Å²) in [5, 5.41) is 3.48. The van der Waals surface area contributed by atoms with Crippen LogP contribution in [0.4, 0.5) is 0 Å². The molecule has 1 saturated carbocycles. The molecule has 3 rings (SSSR count). The molecule has 2 saturated heterocycles. The number of likely N-dealkylation sites (tertiary alicyclic amines) is 2. The van der Waals surface area contributed by atoms with E-state index in [1.807, 2.05) is 14.1 Å². The van der Waals surface area contributed by atoms with E-state index in [9.17, 15) is 4.79 Å². The van der Waals surface area contributed by atoms with Crippen molar-refractivity contribution in [2.45, 2.75) is 57.9 Å². The van der Waals surface area contributed by atoms with Crippen molar-refractivity contribution < 1.29 is 4.79 Å². The minimum absolute atomic E-state index is 0. The fraction of sp³-hybridized carbons (Fsp3) is 0.900. The van der Waals surface area contributed by atoms with Crippen molar-refractivity contribution >= 4 is 35.8 Å². The quantitative estimate of drug-likeness (QED) is 0.365. The second-order valence-corrected chi connectivity index (χ2v) is 8.49. The molecule has 3 fully saturated rings. The first-order chi connectivity index (χ1) is 12.6. The van der Waals surface area contributed by atoms with Gasteiger partial charge in [0.2, 0.25) is 5.91 Å². The van der Waals surface area contributed by atoms with Crippen LogP contribution in [0.25, 0.3) is 0 Å². The maximum Gasteiger partial charge on any atom is 0.230 e. The van der Waals surface area contributed by atoms with E-state index >= 15 is 0 Å². The summed E-state index contributed by atoms with van der Waals surface area (Å²) in [6, 6.07) is 0.671. The third-order valence-corrected chi connectivity index (χ3v) is 6.41. The van der Waals surface area contributed by atoms with Crippen LogP contribution < -0.4 is 5.32 Å². The molecule has 1 unspecified atom stereocenters. The van der Waals surface area contributed by atoms with Crippen molar-refractivity contribution in [1.82, 2.24) is 20.0 Å². The highest BCUT2D eigenvalue weighted by Crippen LogP contribution is 2.39. The summed E-state index contributed by atoms with van der Waals surface area (Å²) in [5.74, 6) is 1.26. The zero-order chi connectivity index (χ0) is 18.6. The lowest BCUT2D eigenvalue weighted by Crippen LogP contribution is -2.45. The van der Waals surface area contributed by atoms with Crippen molar-refractivity contribution in [3.8, 4) is 0 Å². The molecule has 1 amide bonds. The van der Waals surface area contributed by atoms with Gasteiger partial charge in [0.05, 0.1) is 12.0 Å². The van der Waals surface area contributed by atoms with Gasteiger partial charge in [-0.25, -0.2) is 0 Å². The van der Waals surface area contributed by atoms with E-state index < -0.39 is 0 Å². The lowest BCUT2D eigenvalue weighted by molar-refractivity contribution is -0.138. The third kappa shape index (κ3) is 5.28. The molecule has 6 nitrogen and oxygen atoms in total. The van der Waals surface area contributed by atoms with Crippen molar-refractivity contribution in [3.63, 3.8) is 0 Å². The van der Waals surface area contributed by atoms with Crippen LogP contribution in [0.3, 0.4) is 0 Å². The first-order valence-electron chi connectivity index (χ1n) is 10.5. The summed E-state index contributed by atoms with van der Waals surface area (Å²) < 4.78 is 0. The van der Waals surface area contributed by atoms with Crippen LogP contribution >= 0.6 is 24.0 Å². The lowest BCUT2D eigenvalue weighted by Gasteiger charge is -2.30. The average molecular weight is 491 g/mol. The number of rotatable bonds is 5. The van der Waals surface area contributed by atoms with Gasteiger partial charge < -0.3 is 15.1 Å². The van der Waals surface area contributed by atoms with Crippen molar-refractivity contribution in [2.75, 3.05) is 53.4 Å². The second-order valence-electron chi connectivity index (χ2n) is 8.49. The molecule has 0 aromatic carbocycles. The van der Waals surface area contributed by atoms with Crippen LogP contribution in [-0.4, -0.2) is 86.0 Å². The molecule has 2 heterocycles. The summed E-state index contributed by atoms with van der Waals surface area (Å²) in [6.45, 7) is 8.27. The Balaban J connectivity index is 0.00000261. The van der Waals surface area contributed by atoms with Gasteiger partial charge in [-0.3, -0.25) is 14.7 Å². The zero-order valence-corrected chi connectivity index (χ0v) is 19.7. The standard InChI is InChI=1S/C20H37N5O.HI/c1-4-21-19(25-14-9-17(15-25)24-12-7-8-13-24)22-16-20(10-5-6-11-20)18(26)23(2)3;/h17H,4-16H2,1-3H3,(H,21,22);1H. The number of amides is 1. The molecule has 27 heavy (non-hydrogen) atoms. The van der Waals surface area contributed by atoms with E-state index in [1.54, 1.807) is 4.90 Å². The van der Waals surface area contributed by atoms with Gasteiger partial charge in [0.25, 0.3) is 0 Å². The van der Waals surface area contributed by atoms with Gasteiger partial charge in [-0.1, -0.05) is 12.8 Å². The largest absolute Gasteiger partial charge is 0.357 e. The maximum atomic E-state index is 12.8. The number of carbonyl (C=O) groups excluding carboxylic acids is 1. The van der Waals surface area contributed by atoms with Gasteiger partial charge in [-0.15, -0.1) is 24.0 Å². The normalized spacial score (nSPS) is 25.5. The van der Waals surface area contributed by atoms with Crippen LogP contribution in [0, 0.1) is 5.41 Å². The molecule has 0 aromatic heterocycles. The molecule has 1 N–H and O–H groups in total. The Kier molecular flexibility index (Phi) is 8.65. The first-order valence-corrected chi connectivity index (χ1v) is 10.5. The number of nitrogens with one attached hydrogen (secondary N) is 1. The first kappa shape index (κ1) is 22.7. The van der Waals surface area contributed by atoms with Crippen molar-refractivity contribution in [2.24, 2.45) is 10.4 Å². The minimum atomic E-state index is -0.280. The van der Waals surface area contributed by atoms with Crippen LogP contribution in [0.1, 0.15) is 51.9 Å². The highest BCUT2D eigenvalue weighted by molar-refractivity contribution is 14.0. The van der Waals surface area contributed by atoms with Crippen LogP contribution in [-0.2, 0) is 4.79 Å². The Labute approximate surface area is 182 Å². The molecule has 1 atom stereocenters.